The molecule has 0 aliphatic heterocycles. The highest BCUT2D eigenvalue weighted by molar-refractivity contribution is 5.92. The van der Waals surface area contributed by atoms with Gasteiger partial charge in [0.25, 0.3) is 0 Å². The molecule has 0 saturated carbocycles. The number of primary amides is 1. The van der Waals surface area contributed by atoms with Crippen LogP contribution >= 0.6 is 0 Å². The molecular weight excluding hydrogens is 255 g/mol. The van der Waals surface area contributed by atoms with Crippen LogP contribution in [0.4, 0.5) is 4.39 Å². The van der Waals surface area contributed by atoms with Crippen LogP contribution in [0.15, 0.2) is 48.5 Å². The molecule has 2 aromatic carbocycles. The number of nitrogens with one attached hydrogen (secondary N) is 1. The molecule has 1 atom stereocenters. The fourth-order valence-corrected chi connectivity index (χ4v) is 1.93. The fraction of sp³-hybridized carbons (Fsp3) is 0.188. The van der Waals surface area contributed by atoms with E-state index in [1.807, 2.05) is 19.1 Å². The van der Waals surface area contributed by atoms with Crippen LogP contribution in [-0.4, -0.2) is 5.91 Å². The molecule has 0 aliphatic rings. The van der Waals surface area contributed by atoms with Crippen molar-refractivity contribution in [1.29, 1.82) is 0 Å². The summed E-state index contributed by atoms with van der Waals surface area (Å²) in [6.45, 7) is 2.68. The van der Waals surface area contributed by atoms with Gasteiger partial charge >= 0.3 is 0 Å². The van der Waals surface area contributed by atoms with Gasteiger partial charge in [-0.05, 0) is 42.3 Å². The van der Waals surface area contributed by atoms with Crippen molar-refractivity contribution in [2.75, 3.05) is 0 Å². The summed E-state index contributed by atoms with van der Waals surface area (Å²) in [5, 5.41) is 3.34. The molecule has 0 saturated heterocycles. The molecule has 0 unspecified atom stereocenters. The molecule has 0 radical (unpaired) electrons. The summed E-state index contributed by atoms with van der Waals surface area (Å²) in [7, 11) is 0. The fourth-order valence-electron chi connectivity index (χ4n) is 1.93. The monoisotopic (exact) mass is 272 g/mol. The van der Waals surface area contributed by atoms with Gasteiger partial charge in [-0.1, -0.05) is 24.3 Å². The van der Waals surface area contributed by atoms with Crippen molar-refractivity contribution in [3.05, 3.63) is 71.0 Å². The Morgan fingerprint density at radius 2 is 1.75 bits per heavy atom. The van der Waals surface area contributed by atoms with E-state index in [4.69, 9.17) is 5.73 Å². The zero-order chi connectivity index (χ0) is 14.5. The number of carbonyl (C=O) groups excluding carboxylic acids is 1. The summed E-state index contributed by atoms with van der Waals surface area (Å²) in [4.78, 5) is 11.0. The van der Waals surface area contributed by atoms with E-state index < -0.39 is 5.91 Å². The van der Waals surface area contributed by atoms with Gasteiger partial charge in [-0.15, -0.1) is 0 Å². The minimum atomic E-state index is -0.427. The Bertz CT molecular complexity index is 578. The SMILES string of the molecule is C[C@@H](NCc1ccc(C(N)=O)cc1)c1ccc(F)cc1. The predicted molar refractivity (Wildman–Crippen MR) is 76.6 cm³/mol. The third-order valence-electron chi connectivity index (χ3n) is 3.22. The molecule has 20 heavy (non-hydrogen) atoms. The van der Waals surface area contributed by atoms with E-state index in [0.29, 0.717) is 12.1 Å². The normalized spacial score (nSPS) is 12.1. The van der Waals surface area contributed by atoms with E-state index in [1.165, 1.54) is 12.1 Å². The van der Waals surface area contributed by atoms with E-state index in [1.54, 1.807) is 24.3 Å². The van der Waals surface area contributed by atoms with Crippen LogP contribution in [0.1, 0.15) is 34.5 Å². The molecule has 0 fully saturated rings. The molecule has 4 heteroatoms. The molecule has 1 amide bonds. The molecule has 104 valence electrons. The van der Waals surface area contributed by atoms with Crippen molar-refractivity contribution in [2.24, 2.45) is 5.73 Å². The van der Waals surface area contributed by atoms with Gasteiger partial charge in [0.15, 0.2) is 0 Å². The molecule has 2 aromatic rings. The van der Waals surface area contributed by atoms with Gasteiger partial charge in [0, 0.05) is 18.2 Å². The first-order valence-corrected chi connectivity index (χ1v) is 6.44. The van der Waals surface area contributed by atoms with Crippen LogP contribution in [0.25, 0.3) is 0 Å². The number of rotatable bonds is 5. The van der Waals surface area contributed by atoms with E-state index >= 15 is 0 Å². The third kappa shape index (κ3) is 3.65. The van der Waals surface area contributed by atoms with Gasteiger partial charge in [-0.25, -0.2) is 4.39 Å². The molecule has 0 aromatic heterocycles. The Balaban J connectivity index is 1.94. The van der Waals surface area contributed by atoms with Crippen molar-refractivity contribution < 1.29 is 9.18 Å². The predicted octanol–water partition coefficient (Wildman–Crippen LogP) is 2.78. The Labute approximate surface area is 117 Å². The molecule has 3 nitrogen and oxygen atoms in total. The highest BCUT2D eigenvalue weighted by Gasteiger charge is 2.05. The van der Waals surface area contributed by atoms with Crippen LogP contribution in [0, 0.1) is 5.82 Å². The van der Waals surface area contributed by atoms with Gasteiger partial charge < -0.3 is 11.1 Å². The molecule has 0 bridgehead atoms. The number of carbonyl (C=O) groups is 1. The standard InChI is InChI=1S/C16H17FN2O/c1-11(13-6-8-15(17)9-7-13)19-10-12-2-4-14(5-3-12)16(18)20/h2-9,11,19H,10H2,1H3,(H2,18,20)/t11-/m1/s1. The highest BCUT2D eigenvalue weighted by Crippen LogP contribution is 2.14. The summed E-state index contributed by atoms with van der Waals surface area (Å²) in [6, 6.07) is 13.7. The zero-order valence-corrected chi connectivity index (χ0v) is 11.3. The maximum absolute atomic E-state index is 12.8. The average molecular weight is 272 g/mol. The Morgan fingerprint density at radius 1 is 1.15 bits per heavy atom. The number of nitrogens with two attached hydrogens (primary N) is 1. The lowest BCUT2D eigenvalue weighted by molar-refractivity contribution is 0.100. The quantitative estimate of drug-likeness (QED) is 0.879. The smallest absolute Gasteiger partial charge is 0.248 e. The summed E-state index contributed by atoms with van der Waals surface area (Å²) in [5.74, 6) is -0.660. The number of hydrogen-bond donors (Lipinski definition) is 2. The first kappa shape index (κ1) is 14.2. The number of hydrogen-bond acceptors (Lipinski definition) is 2. The van der Waals surface area contributed by atoms with E-state index in [0.717, 1.165) is 11.1 Å². The second kappa shape index (κ2) is 6.30. The summed E-state index contributed by atoms with van der Waals surface area (Å²) in [5.41, 5.74) is 7.78. The van der Waals surface area contributed by atoms with Crippen LogP contribution in [0.2, 0.25) is 0 Å². The maximum Gasteiger partial charge on any atom is 0.248 e. The Kier molecular flexibility index (Phi) is 4.48. The molecule has 0 aliphatic carbocycles. The third-order valence-corrected chi connectivity index (χ3v) is 3.22. The minimum absolute atomic E-state index is 0.117. The molecule has 0 spiro atoms. The Hall–Kier alpha value is -2.20. The number of amides is 1. The number of halogens is 1. The second-order valence-corrected chi connectivity index (χ2v) is 4.72. The minimum Gasteiger partial charge on any atom is -0.366 e. The lowest BCUT2D eigenvalue weighted by Crippen LogP contribution is -2.18. The van der Waals surface area contributed by atoms with Crippen molar-refractivity contribution >= 4 is 5.91 Å². The van der Waals surface area contributed by atoms with Crippen LogP contribution in [-0.2, 0) is 6.54 Å². The molecule has 3 N–H and O–H groups in total. The van der Waals surface area contributed by atoms with Crippen LogP contribution < -0.4 is 11.1 Å². The van der Waals surface area contributed by atoms with Gasteiger partial charge in [0.1, 0.15) is 5.82 Å². The lowest BCUT2D eigenvalue weighted by Gasteiger charge is -2.14. The number of benzene rings is 2. The van der Waals surface area contributed by atoms with Gasteiger partial charge in [-0.2, -0.15) is 0 Å². The van der Waals surface area contributed by atoms with E-state index in [2.05, 4.69) is 5.32 Å². The molecule has 0 heterocycles. The zero-order valence-electron chi connectivity index (χ0n) is 11.3. The van der Waals surface area contributed by atoms with E-state index in [-0.39, 0.29) is 11.9 Å². The van der Waals surface area contributed by atoms with Gasteiger partial charge in [0.05, 0.1) is 0 Å². The van der Waals surface area contributed by atoms with E-state index in [9.17, 15) is 9.18 Å². The average Bonchev–Trinajstić information content (AvgIpc) is 2.46. The summed E-state index contributed by atoms with van der Waals surface area (Å²) in [6.07, 6.45) is 0. The maximum atomic E-state index is 12.8. The lowest BCUT2D eigenvalue weighted by atomic mass is 10.1. The summed E-state index contributed by atoms with van der Waals surface area (Å²) < 4.78 is 12.8. The molecular formula is C16H17FN2O. The Morgan fingerprint density at radius 3 is 2.30 bits per heavy atom. The highest BCUT2D eigenvalue weighted by atomic mass is 19.1. The van der Waals surface area contributed by atoms with Gasteiger partial charge in [0.2, 0.25) is 5.91 Å². The largest absolute Gasteiger partial charge is 0.366 e. The van der Waals surface area contributed by atoms with Crippen molar-refractivity contribution in [3.8, 4) is 0 Å². The summed E-state index contributed by atoms with van der Waals surface area (Å²) >= 11 is 0. The van der Waals surface area contributed by atoms with Gasteiger partial charge in [-0.3, -0.25) is 4.79 Å². The van der Waals surface area contributed by atoms with Crippen molar-refractivity contribution in [2.45, 2.75) is 19.5 Å². The first-order valence-electron chi connectivity index (χ1n) is 6.44. The van der Waals surface area contributed by atoms with Crippen molar-refractivity contribution in [3.63, 3.8) is 0 Å². The topological polar surface area (TPSA) is 55.1 Å². The van der Waals surface area contributed by atoms with Crippen LogP contribution in [0.3, 0.4) is 0 Å². The second-order valence-electron chi connectivity index (χ2n) is 4.72. The molecule has 2 rings (SSSR count). The first-order chi connectivity index (χ1) is 9.56. The van der Waals surface area contributed by atoms with Crippen molar-refractivity contribution in [1.82, 2.24) is 5.32 Å². The van der Waals surface area contributed by atoms with Crippen LogP contribution in [0.5, 0.6) is 0 Å².